The Balaban J connectivity index is 1.77. The van der Waals surface area contributed by atoms with Crippen LogP contribution in [-0.4, -0.2) is 20.1 Å². The average molecular weight is 363 g/mol. The predicted molar refractivity (Wildman–Crippen MR) is 108 cm³/mol. The van der Waals surface area contributed by atoms with Gasteiger partial charge in [-0.3, -0.25) is 4.79 Å². The van der Waals surface area contributed by atoms with Crippen LogP contribution in [0.3, 0.4) is 0 Å². The molecule has 0 aliphatic carbocycles. The van der Waals surface area contributed by atoms with Gasteiger partial charge in [0.05, 0.1) is 26.2 Å². The number of benzene rings is 3. The lowest BCUT2D eigenvalue weighted by atomic mass is 9.96. The smallest absolute Gasteiger partial charge is 0.227 e. The van der Waals surface area contributed by atoms with Gasteiger partial charge in [-0.1, -0.05) is 42.5 Å². The van der Waals surface area contributed by atoms with Gasteiger partial charge < -0.3 is 14.8 Å². The van der Waals surface area contributed by atoms with Crippen molar-refractivity contribution in [1.82, 2.24) is 5.32 Å². The number of ether oxygens (including phenoxy) is 2. The van der Waals surface area contributed by atoms with E-state index in [2.05, 4.69) is 11.4 Å². The van der Waals surface area contributed by atoms with Crippen LogP contribution in [0.1, 0.15) is 36.9 Å². The van der Waals surface area contributed by atoms with Crippen LogP contribution in [0, 0.1) is 0 Å². The Labute approximate surface area is 160 Å². The van der Waals surface area contributed by atoms with Gasteiger partial charge >= 0.3 is 0 Å². The van der Waals surface area contributed by atoms with E-state index in [1.807, 2.05) is 68.4 Å². The summed E-state index contributed by atoms with van der Waals surface area (Å²) in [6.45, 7) is 3.89. The van der Waals surface area contributed by atoms with Gasteiger partial charge in [-0.25, -0.2) is 0 Å². The summed E-state index contributed by atoms with van der Waals surface area (Å²) < 4.78 is 10.7. The van der Waals surface area contributed by atoms with Gasteiger partial charge in [0, 0.05) is 5.56 Å². The summed E-state index contributed by atoms with van der Waals surface area (Å²) in [5.41, 5.74) is 1.95. The maximum atomic E-state index is 12.8. The van der Waals surface area contributed by atoms with E-state index >= 15 is 0 Å². The van der Waals surface area contributed by atoms with E-state index in [0.717, 1.165) is 33.4 Å². The minimum absolute atomic E-state index is 0.0127. The molecule has 3 aromatic carbocycles. The van der Waals surface area contributed by atoms with Crippen LogP contribution in [-0.2, 0) is 4.79 Å². The summed E-state index contributed by atoms with van der Waals surface area (Å²) in [6, 6.07) is 19.6. The summed E-state index contributed by atoms with van der Waals surface area (Å²) in [7, 11) is 3.30. The number of carbonyl (C=O) groups is 1. The Bertz CT molecular complexity index is 951. The van der Waals surface area contributed by atoms with Crippen molar-refractivity contribution < 1.29 is 14.3 Å². The molecule has 0 bridgehead atoms. The van der Waals surface area contributed by atoms with E-state index in [1.54, 1.807) is 14.2 Å². The van der Waals surface area contributed by atoms with Crippen molar-refractivity contribution in [1.29, 1.82) is 0 Å². The fourth-order valence-corrected chi connectivity index (χ4v) is 3.23. The Morgan fingerprint density at radius 3 is 2.33 bits per heavy atom. The molecule has 0 aromatic heterocycles. The van der Waals surface area contributed by atoms with Gasteiger partial charge in [0.25, 0.3) is 0 Å². The number of methoxy groups -OCH3 is 2. The van der Waals surface area contributed by atoms with Gasteiger partial charge in [-0.05, 0) is 48.4 Å². The van der Waals surface area contributed by atoms with Gasteiger partial charge in [0.15, 0.2) is 0 Å². The summed E-state index contributed by atoms with van der Waals surface area (Å²) in [4.78, 5) is 12.8. The van der Waals surface area contributed by atoms with Crippen LogP contribution < -0.4 is 14.8 Å². The number of hydrogen-bond donors (Lipinski definition) is 1. The van der Waals surface area contributed by atoms with Crippen LogP contribution in [0.2, 0.25) is 0 Å². The third-order valence-corrected chi connectivity index (χ3v) is 4.93. The highest BCUT2D eigenvalue weighted by Gasteiger charge is 2.19. The molecule has 140 valence electrons. The minimum atomic E-state index is -0.256. The first-order valence-electron chi connectivity index (χ1n) is 9.04. The Hall–Kier alpha value is -3.01. The van der Waals surface area contributed by atoms with Crippen LogP contribution in [0.5, 0.6) is 11.5 Å². The molecule has 27 heavy (non-hydrogen) atoms. The van der Waals surface area contributed by atoms with Gasteiger partial charge in [-0.2, -0.15) is 0 Å². The number of carbonyl (C=O) groups excluding carboxylic acids is 1. The molecule has 0 radical (unpaired) electrons. The zero-order chi connectivity index (χ0) is 19.4. The fourth-order valence-electron chi connectivity index (χ4n) is 3.23. The molecule has 1 amide bonds. The van der Waals surface area contributed by atoms with Gasteiger partial charge in [0.2, 0.25) is 5.91 Å². The molecule has 0 unspecified atom stereocenters. The van der Waals surface area contributed by atoms with E-state index in [9.17, 15) is 4.79 Å². The second kappa shape index (κ2) is 8.12. The second-order valence-corrected chi connectivity index (χ2v) is 6.67. The summed E-state index contributed by atoms with van der Waals surface area (Å²) in [6.07, 6.45) is 0. The van der Waals surface area contributed by atoms with Crippen LogP contribution in [0.25, 0.3) is 10.8 Å². The normalized spacial score (nSPS) is 13.0. The van der Waals surface area contributed by atoms with E-state index in [4.69, 9.17) is 9.47 Å². The summed E-state index contributed by atoms with van der Waals surface area (Å²) >= 11 is 0. The van der Waals surface area contributed by atoms with Gasteiger partial charge in [-0.15, -0.1) is 0 Å². The van der Waals surface area contributed by atoms with Crippen molar-refractivity contribution >= 4 is 16.7 Å². The monoisotopic (exact) mass is 363 g/mol. The molecular weight excluding hydrogens is 338 g/mol. The molecule has 3 rings (SSSR count). The molecule has 0 saturated heterocycles. The average Bonchev–Trinajstić information content (AvgIpc) is 2.72. The third-order valence-electron chi connectivity index (χ3n) is 4.93. The summed E-state index contributed by atoms with van der Waals surface area (Å²) in [5.74, 6) is 1.33. The fraction of sp³-hybridized carbons (Fsp3) is 0.261. The zero-order valence-electron chi connectivity index (χ0n) is 16.2. The van der Waals surface area contributed by atoms with Crippen molar-refractivity contribution in [3.8, 4) is 11.5 Å². The topological polar surface area (TPSA) is 47.6 Å². The molecular formula is C23H25NO3. The Kier molecular flexibility index (Phi) is 5.65. The quantitative estimate of drug-likeness (QED) is 0.682. The van der Waals surface area contributed by atoms with E-state index in [-0.39, 0.29) is 17.9 Å². The first-order valence-corrected chi connectivity index (χ1v) is 9.04. The van der Waals surface area contributed by atoms with Crippen LogP contribution in [0.4, 0.5) is 0 Å². The number of amides is 1. The van der Waals surface area contributed by atoms with Crippen molar-refractivity contribution in [3.05, 3.63) is 71.8 Å². The Morgan fingerprint density at radius 2 is 1.59 bits per heavy atom. The molecule has 3 aromatic rings. The molecule has 0 spiro atoms. The highest BCUT2D eigenvalue weighted by molar-refractivity contribution is 5.88. The minimum Gasteiger partial charge on any atom is -0.497 e. The first-order chi connectivity index (χ1) is 13.0. The highest BCUT2D eigenvalue weighted by atomic mass is 16.5. The largest absolute Gasteiger partial charge is 0.497 e. The molecule has 1 N–H and O–H groups in total. The molecule has 0 fully saturated rings. The van der Waals surface area contributed by atoms with Gasteiger partial charge in [0.1, 0.15) is 11.5 Å². The molecule has 0 heterocycles. The predicted octanol–water partition coefficient (Wildman–Crippen LogP) is 4.84. The lowest BCUT2D eigenvalue weighted by Crippen LogP contribution is -2.30. The van der Waals surface area contributed by atoms with Crippen LogP contribution >= 0.6 is 0 Å². The number of hydrogen-bond acceptors (Lipinski definition) is 3. The Morgan fingerprint density at radius 1 is 0.889 bits per heavy atom. The lowest BCUT2D eigenvalue weighted by Gasteiger charge is -2.20. The van der Waals surface area contributed by atoms with E-state index in [0.29, 0.717) is 0 Å². The molecule has 0 saturated carbocycles. The molecule has 4 nitrogen and oxygen atoms in total. The summed E-state index contributed by atoms with van der Waals surface area (Å²) in [5, 5.41) is 5.28. The number of rotatable bonds is 6. The highest BCUT2D eigenvalue weighted by Crippen LogP contribution is 2.27. The second-order valence-electron chi connectivity index (χ2n) is 6.67. The van der Waals surface area contributed by atoms with E-state index < -0.39 is 0 Å². The van der Waals surface area contributed by atoms with Crippen molar-refractivity contribution in [3.63, 3.8) is 0 Å². The number of nitrogens with one attached hydrogen (secondary N) is 1. The SMILES string of the molecule is COc1ccc2cc([C@H](C)C(=O)N[C@@H](C)c3ccccc3OC)ccc2c1. The molecule has 2 atom stereocenters. The lowest BCUT2D eigenvalue weighted by molar-refractivity contribution is -0.122. The zero-order valence-corrected chi connectivity index (χ0v) is 16.2. The van der Waals surface area contributed by atoms with Crippen LogP contribution in [0.15, 0.2) is 60.7 Å². The maximum Gasteiger partial charge on any atom is 0.227 e. The number of fused-ring (bicyclic) bond motifs is 1. The maximum absolute atomic E-state index is 12.8. The third kappa shape index (κ3) is 4.05. The standard InChI is InChI=1S/C23H25NO3/c1-15(17-9-10-19-14-20(26-3)12-11-18(19)13-17)23(25)24-16(2)21-7-5-6-8-22(21)27-4/h5-16H,1-4H3,(H,24,25)/t15-,16-/m0/s1. The van der Waals surface area contributed by atoms with E-state index in [1.165, 1.54) is 0 Å². The number of para-hydroxylation sites is 1. The van der Waals surface area contributed by atoms with Crippen molar-refractivity contribution in [2.75, 3.05) is 14.2 Å². The first kappa shape index (κ1) is 18.8. The molecule has 4 heteroatoms. The molecule has 0 aliphatic heterocycles. The van der Waals surface area contributed by atoms with Crippen molar-refractivity contribution in [2.45, 2.75) is 25.8 Å². The molecule has 0 aliphatic rings. The van der Waals surface area contributed by atoms with Crippen molar-refractivity contribution in [2.24, 2.45) is 0 Å².